The van der Waals surface area contributed by atoms with Crippen LogP contribution in [0.3, 0.4) is 0 Å². The van der Waals surface area contributed by atoms with Crippen molar-refractivity contribution >= 4 is 17.5 Å². The Morgan fingerprint density at radius 3 is 2.84 bits per heavy atom. The molecule has 3 nitrogen and oxygen atoms in total. The van der Waals surface area contributed by atoms with Crippen molar-refractivity contribution in [3.05, 3.63) is 58.1 Å². The number of hydrogen-bond donors (Lipinski definition) is 0. The number of allylic oxidation sites excluding steroid dienone is 3. The number of thioether (sulfide) groups is 1. The van der Waals surface area contributed by atoms with Gasteiger partial charge in [-0.3, -0.25) is 4.79 Å². The average Bonchev–Trinajstić information content (AvgIpc) is 2.67. The lowest BCUT2D eigenvalue weighted by Crippen LogP contribution is -2.32. The van der Waals surface area contributed by atoms with Gasteiger partial charge in [0.05, 0.1) is 5.70 Å². The van der Waals surface area contributed by atoms with Gasteiger partial charge in [0.15, 0.2) is 11.3 Å². The zero-order valence-corrected chi connectivity index (χ0v) is 11.5. The van der Waals surface area contributed by atoms with Crippen LogP contribution in [0.15, 0.2) is 52.6 Å². The molecule has 1 heterocycles. The largest absolute Gasteiger partial charge is 0.336 e. The number of rotatable bonds is 2. The fourth-order valence-corrected chi connectivity index (χ4v) is 3.58. The minimum Gasteiger partial charge on any atom is -0.336 e. The Labute approximate surface area is 117 Å². The Balaban J connectivity index is 1.91. The number of Topliss-reactive ketones (excluding diaryl/α,β-unsaturated/α-hetero) is 1. The van der Waals surface area contributed by atoms with E-state index in [-0.39, 0.29) is 5.78 Å². The highest BCUT2D eigenvalue weighted by molar-refractivity contribution is 8.04. The molecule has 2 aliphatic rings. The van der Waals surface area contributed by atoms with Gasteiger partial charge in [0, 0.05) is 17.9 Å². The quantitative estimate of drug-likeness (QED) is 0.830. The molecular formula is C15H14N2OS. The van der Waals surface area contributed by atoms with Gasteiger partial charge in [0.1, 0.15) is 0 Å². The standard InChI is InChI=1S/C15H14N2OS/c1-10-7-12(18)14-13(8-10)19-15(16)17(14)9-11-5-3-2-4-6-11/h2-6,8,15H,7,9H2,1H3. The summed E-state index contributed by atoms with van der Waals surface area (Å²) in [7, 11) is 0. The zero-order chi connectivity index (χ0) is 13.4. The monoisotopic (exact) mass is 270 g/mol. The molecule has 1 aromatic carbocycles. The Bertz CT molecular complexity index is 577. The number of carbonyl (C=O) groups is 1. The van der Waals surface area contributed by atoms with Crippen molar-refractivity contribution in [2.45, 2.75) is 25.4 Å². The summed E-state index contributed by atoms with van der Waals surface area (Å²) in [6.07, 6.45) is 2.47. The summed E-state index contributed by atoms with van der Waals surface area (Å²) in [5.41, 5.74) is 12.3. The zero-order valence-electron chi connectivity index (χ0n) is 10.7. The second-order valence-electron chi connectivity index (χ2n) is 4.86. The van der Waals surface area contributed by atoms with Crippen molar-refractivity contribution in [2.75, 3.05) is 0 Å². The number of carbonyl (C=O) groups excluding carboxylic acids is 1. The highest BCUT2D eigenvalue weighted by atomic mass is 32.2. The third-order valence-electron chi connectivity index (χ3n) is 3.30. The van der Waals surface area contributed by atoms with Crippen molar-refractivity contribution in [3.63, 3.8) is 0 Å². The molecule has 19 heavy (non-hydrogen) atoms. The average molecular weight is 270 g/mol. The van der Waals surface area contributed by atoms with Crippen molar-refractivity contribution in [1.29, 1.82) is 0 Å². The summed E-state index contributed by atoms with van der Waals surface area (Å²) < 4.78 is 0. The molecule has 96 valence electrons. The maximum absolute atomic E-state index is 12.2. The normalized spacial score (nSPS) is 22.6. The molecule has 0 spiro atoms. The van der Waals surface area contributed by atoms with Crippen molar-refractivity contribution in [3.8, 4) is 0 Å². The molecular weight excluding hydrogens is 256 g/mol. The molecule has 0 bridgehead atoms. The first-order valence-electron chi connectivity index (χ1n) is 6.25. The molecule has 2 radical (unpaired) electrons. The Morgan fingerprint density at radius 2 is 2.11 bits per heavy atom. The lowest BCUT2D eigenvalue weighted by Gasteiger charge is -2.25. The molecule has 0 aromatic heterocycles. The summed E-state index contributed by atoms with van der Waals surface area (Å²) in [6, 6.07) is 9.90. The fraction of sp³-hybridized carbons (Fsp3) is 0.267. The highest BCUT2D eigenvalue weighted by Crippen LogP contribution is 2.42. The van der Waals surface area contributed by atoms with Gasteiger partial charge in [-0.15, -0.1) is 5.73 Å². The van der Waals surface area contributed by atoms with Gasteiger partial charge in [-0.05, 0) is 18.6 Å². The Morgan fingerprint density at radius 1 is 1.37 bits per heavy atom. The number of ketones is 1. The second-order valence-corrected chi connectivity index (χ2v) is 5.96. The molecule has 3 rings (SSSR count). The maximum Gasteiger partial charge on any atom is 0.184 e. The van der Waals surface area contributed by atoms with E-state index in [1.165, 1.54) is 11.8 Å². The van der Waals surface area contributed by atoms with Gasteiger partial charge < -0.3 is 4.90 Å². The van der Waals surface area contributed by atoms with Crippen LogP contribution in [0.1, 0.15) is 18.9 Å². The molecule has 0 N–H and O–H groups in total. The molecule has 1 unspecified atom stereocenters. The van der Waals surface area contributed by atoms with Crippen LogP contribution in [0.4, 0.5) is 0 Å². The smallest absolute Gasteiger partial charge is 0.184 e. The van der Waals surface area contributed by atoms with Crippen LogP contribution in [0.2, 0.25) is 0 Å². The van der Waals surface area contributed by atoms with E-state index in [0.717, 1.165) is 16.0 Å². The third-order valence-corrected chi connectivity index (χ3v) is 4.33. The molecule has 4 heteroatoms. The molecule has 1 atom stereocenters. The van der Waals surface area contributed by atoms with Crippen LogP contribution in [0.5, 0.6) is 0 Å². The highest BCUT2D eigenvalue weighted by Gasteiger charge is 2.36. The van der Waals surface area contributed by atoms with Crippen molar-refractivity contribution < 1.29 is 4.79 Å². The van der Waals surface area contributed by atoms with Gasteiger partial charge in [0.2, 0.25) is 0 Å². The van der Waals surface area contributed by atoms with E-state index in [4.69, 9.17) is 0 Å². The van der Waals surface area contributed by atoms with E-state index in [2.05, 4.69) is 0 Å². The topological polar surface area (TPSA) is 42.6 Å². The summed E-state index contributed by atoms with van der Waals surface area (Å²) >= 11 is 1.35. The van der Waals surface area contributed by atoms with Crippen LogP contribution in [-0.2, 0) is 11.3 Å². The predicted octanol–water partition coefficient (Wildman–Crippen LogP) is 2.72. The van der Waals surface area contributed by atoms with Crippen LogP contribution in [0, 0.1) is 0 Å². The first-order chi connectivity index (χ1) is 9.15. The summed E-state index contributed by atoms with van der Waals surface area (Å²) in [5.74, 6) is 0.106. The first-order valence-corrected chi connectivity index (χ1v) is 7.13. The Hall–Kier alpha value is -1.52. The number of hydrogen-bond acceptors (Lipinski definition) is 3. The second kappa shape index (κ2) is 4.87. The van der Waals surface area contributed by atoms with Gasteiger partial charge in [-0.2, -0.15) is 0 Å². The maximum atomic E-state index is 12.2. The van der Waals surface area contributed by atoms with Crippen LogP contribution >= 0.6 is 11.8 Å². The first kappa shape index (κ1) is 12.5. The van der Waals surface area contributed by atoms with Gasteiger partial charge in [-0.25, -0.2) is 0 Å². The summed E-state index contributed by atoms with van der Waals surface area (Å²) in [6.45, 7) is 2.51. The molecule has 1 aromatic rings. The minimum atomic E-state index is -0.670. The van der Waals surface area contributed by atoms with E-state index >= 15 is 0 Å². The van der Waals surface area contributed by atoms with E-state index in [1.54, 1.807) is 4.90 Å². The molecule has 0 saturated heterocycles. The summed E-state index contributed by atoms with van der Waals surface area (Å²) in [4.78, 5) is 14.9. The molecule has 0 amide bonds. The van der Waals surface area contributed by atoms with E-state index in [0.29, 0.717) is 18.7 Å². The molecule has 0 fully saturated rings. The SMILES string of the molecule is CC1=CC2=C(C(=O)C1)N(Cc1ccccc1)C([N])S2. The number of nitrogens with zero attached hydrogens (tertiary/aromatic N) is 2. The van der Waals surface area contributed by atoms with E-state index < -0.39 is 5.50 Å². The molecule has 0 saturated carbocycles. The van der Waals surface area contributed by atoms with Gasteiger partial charge >= 0.3 is 0 Å². The lowest BCUT2D eigenvalue weighted by molar-refractivity contribution is -0.116. The third kappa shape index (κ3) is 2.33. The molecule has 1 aliphatic heterocycles. The fourth-order valence-electron chi connectivity index (χ4n) is 2.43. The number of benzene rings is 1. The van der Waals surface area contributed by atoms with Gasteiger partial charge in [-0.1, -0.05) is 47.7 Å². The summed E-state index contributed by atoms with van der Waals surface area (Å²) in [5, 5.41) is 0. The van der Waals surface area contributed by atoms with E-state index in [1.807, 2.05) is 43.3 Å². The van der Waals surface area contributed by atoms with Crippen LogP contribution in [0.25, 0.3) is 0 Å². The van der Waals surface area contributed by atoms with Crippen LogP contribution in [-0.4, -0.2) is 16.2 Å². The van der Waals surface area contributed by atoms with Crippen molar-refractivity contribution in [2.24, 2.45) is 0 Å². The lowest BCUT2D eigenvalue weighted by atomic mass is 10.0. The predicted molar refractivity (Wildman–Crippen MR) is 75.9 cm³/mol. The molecule has 1 aliphatic carbocycles. The van der Waals surface area contributed by atoms with Gasteiger partial charge in [0.25, 0.3) is 0 Å². The van der Waals surface area contributed by atoms with Crippen LogP contribution < -0.4 is 5.73 Å². The Kier molecular flexibility index (Phi) is 3.21. The van der Waals surface area contributed by atoms with E-state index in [9.17, 15) is 10.5 Å². The van der Waals surface area contributed by atoms with Crippen molar-refractivity contribution in [1.82, 2.24) is 10.6 Å². The minimum absolute atomic E-state index is 0.106.